The molecule has 2 aromatic heterocycles. The molecule has 0 radical (unpaired) electrons. The lowest BCUT2D eigenvalue weighted by atomic mass is 9.97. The highest BCUT2D eigenvalue weighted by molar-refractivity contribution is 7.99. The molecule has 5 atom stereocenters. The normalized spacial score (nSPS) is 26.8. The average Bonchev–Trinajstić information content (AvgIpc) is 3.36. The molecule has 4 rings (SSSR count). The van der Waals surface area contributed by atoms with Crippen LogP contribution in [0.2, 0.25) is 15.2 Å². The highest BCUT2D eigenvalue weighted by atomic mass is 35.5. The number of aliphatic hydroxyl groups excluding tert-OH is 3. The molecule has 13 heteroatoms. The quantitative estimate of drug-likeness (QED) is 0.481. The third-order valence-corrected chi connectivity index (χ3v) is 7.58. The van der Waals surface area contributed by atoms with Crippen molar-refractivity contribution >= 4 is 57.9 Å². The zero-order valence-electron chi connectivity index (χ0n) is 15.0. The summed E-state index contributed by atoms with van der Waals surface area (Å²) in [4.78, 5) is 4.85. The Morgan fingerprint density at radius 1 is 1.17 bits per heavy atom. The summed E-state index contributed by atoms with van der Waals surface area (Å²) >= 11 is 20.4. The standard InChI is InChI=1S/C17H15Cl3N4O4S2/c18-8-2-1-7(3-9(8)19)30-17-15(27)13(14(26)11(5-25)28-17)24-4-10(22-23-24)16-21-12(20)6-29-16/h1-4,6,11,13-15,17,25-27H,5H2. The molecule has 1 aliphatic heterocycles. The zero-order valence-corrected chi connectivity index (χ0v) is 18.9. The molecule has 1 aromatic carbocycles. The van der Waals surface area contributed by atoms with Gasteiger partial charge in [-0.25, -0.2) is 9.67 Å². The molecule has 1 saturated heterocycles. The molecule has 1 aliphatic rings. The van der Waals surface area contributed by atoms with Gasteiger partial charge in [-0.3, -0.25) is 0 Å². The summed E-state index contributed by atoms with van der Waals surface area (Å²) in [7, 11) is 0. The average molecular weight is 510 g/mol. The van der Waals surface area contributed by atoms with Gasteiger partial charge in [0.25, 0.3) is 0 Å². The summed E-state index contributed by atoms with van der Waals surface area (Å²) in [5, 5.41) is 42.8. The van der Waals surface area contributed by atoms with Crippen LogP contribution in [0.3, 0.4) is 0 Å². The van der Waals surface area contributed by atoms with Crippen LogP contribution in [0.25, 0.3) is 10.7 Å². The van der Waals surface area contributed by atoms with Crippen molar-refractivity contribution in [3.05, 3.63) is 45.0 Å². The van der Waals surface area contributed by atoms with Gasteiger partial charge in [0.05, 0.1) is 22.8 Å². The molecule has 3 N–H and O–H groups in total. The third kappa shape index (κ3) is 4.47. The van der Waals surface area contributed by atoms with Crippen LogP contribution in [-0.2, 0) is 4.74 Å². The number of halogens is 3. The van der Waals surface area contributed by atoms with E-state index < -0.39 is 36.4 Å². The van der Waals surface area contributed by atoms with Crippen molar-refractivity contribution in [3.8, 4) is 10.7 Å². The van der Waals surface area contributed by atoms with Gasteiger partial charge in [-0.05, 0) is 18.2 Å². The first kappa shape index (κ1) is 22.3. The number of rotatable bonds is 5. The van der Waals surface area contributed by atoms with Crippen LogP contribution in [0.5, 0.6) is 0 Å². The first-order valence-corrected chi connectivity index (χ1v) is 11.5. The second-order valence-electron chi connectivity index (χ2n) is 6.45. The van der Waals surface area contributed by atoms with E-state index in [0.717, 1.165) is 0 Å². The molecule has 0 saturated carbocycles. The number of aromatic nitrogens is 4. The summed E-state index contributed by atoms with van der Waals surface area (Å²) < 4.78 is 7.08. The summed E-state index contributed by atoms with van der Waals surface area (Å²) in [6.45, 7) is -0.438. The Kier molecular flexibility index (Phi) is 6.88. The van der Waals surface area contributed by atoms with E-state index in [2.05, 4.69) is 15.3 Å². The third-order valence-electron chi connectivity index (χ3n) is 4.50. The van der Waals surface area contributed by atoms with Crippen molar-refractivity contribution in [2.45, 2.75) is 34.7 Å². The maximum Gasteiger partial charge on any atom is 0.147 e. The summed E-state index contributed by atoms with van der Waals surface area (Å²) in [6, 6.07) is 4.12. The molecule has 3 aromatic rings. The highest BCUT2D eigenvalue weighted by Gasteiger charge is 2.46. The van der Waals surface area contributed by atoms with Crippen LogP contribution >= 0.6 is 57.9 Å². The fraction of sp³-hybridized carbons (Fsp3) is 0.353. The van der Waals surface area contributed by atoms with E-state index in [1.54, 1.807) is 29.8 Å². The molecule has 0 aliphatic carbocycles. The Hall–Kier alpha value is -0.950. The van der Waals surface area contributed by atoms with Crippen LogP contribution in [0.4, 0.5) is 0 Å². The zero-order chi connectivity index (χ0) is 21.4. The molecule has 0 spiro atoms. The lowest BCUT2D eigenvalue weighted by Gasteiger charge is -2.41. The minimum atomic E-state index is -1.22. The molecular weight excluding hydrogens is 495 g/mol. The number of thiazole rings is 1. The smallest absolute Gasteiger partial charge is 0.147 e. The van der Waals surface area contributed by atoms with Crippen molar-refractivity contribution < 1.29 is 20.1 Å². The first-order chi connectivity index (χ1) is 14.4. The molecule has 1 fully saturated rings. The van der Waals surface area contributed by atoms with Gasteiger partial charge >= 0.3 is 0 Å². The van der Waals surface area contributed by atoms with E-state index in [-0.39, 0.29) is 0 Å². The Morgan fingerprint density at radius 3 is 2.63 bits per heavy atom. The van der Waals surface area contributed by atoms with Gasteiger partial charge in [0.1, 0.15) is 45.6 Å². The molecule has 30 heavy (non-hydrogen) atoms. The Morgan fingerprint density at radius 2 is 1.97 bits per heavy atom. The topological polar surface area (TPSA) is 114 Å². The number of ether oxygens (including phenoxy) is 1. The number of nitrogens with zero attached hydrogens (tertiary/aromatic N) is 4. The van der Waals surface area contributed by atoms with Crippen molar-refractivity contribution in [1.82, 2.24) is 20.0 Å². The molecular formula is C17H15Cl3N4O4S2. The second kappa shape index (κ2) is 9.27. The predicted octanol–water partition coefficient (Wildman–Crippen LogP) is 3.13. The van der Waals surface area contributed by atoms with E-state index >= 15 is 0 Å². The summed E-state index contributed by atoms with van der Waals surface area (Å²) in [6.07, 6.45) is -1.75. The number of benzene rings is 1. The second-order valence-corrected chi connectivity index (χ2v) is 9.68. The van der Waals surface area contributed by atoms with Gasteiger partial charge in [-0.1, -0.05) is 51.8 Å². The van der Waals surface area contributed by atoms with Crippen molar-refractivity contribution in [2.24, 2.45) is 0 Å². The predicted molar refractivity (Wildman–Crippen MR) is 115 cm³/mol. The van der Waals surface area contributed by atoms with Gasteiger partial charge < -0.3 is 20.1 Å². The highest BCUT2D eigenvalue weighted by Crippen LogP contribution is 2.39. The first-order valence-electron chi connectivity index (χ1n) is 8.64. The van der Waals surface area contributed by atoms with E-state index in [4.69, 9.17) is 39.5 Å². The van der Waals surface area contributed by atoms with E-state index in [0.29, 0.717) is 30.8 Å². The largest absolute Gasteiger partial charge is 0.394 e. The van der Waals surface area contributed by atoms with E-state index in [9.17, 15) is 15.3 Å². The minimum absolute atomic E-state index is 0.342. The summed E-state index contributed by atoms with van der Waals surface area (Å²) in [5.41, 5.74) is -0.359. The monoisotopic (exact) mass is 508 g/mol. The molecule has 8 nitrogen and oxygen atoms in total. The van der Waals surface area contributed by atoms with Gasteiger partial charge in [0, 0.05) is 10.3 Å². The maximum absolute atomic E-state index is 11.0. The van der Waals surface area contributed by atoms with Gasteiger partial charge in [-0.2, -0.15) is 0 Å². The van der Waals surface area contributed by atoms with Crippen molar-refractivity contribution in [3.63, 3.8) is 0 Å². The SMILES string of the molecule is OCC1OC(Sc2ccc(Cl)c(Cl)c2)C(O)C(n2cc(-c3nc(Cl)cs3)nn2)C1O. The van der Waals surface area contributed by atoms with Crippen LogP contribution in [0.1, 0.15) is 6.04 Å². The van der Waals surface area contributed by atoms with Crippen molar-refractivity contribution in [1.29, 1.82) is 0 Å². The lowest BCUT2D eigenvalue weighted by molar-refractivity contribution is -0.178. The Labute approximate surface area is 194 Å². The Bertz CT molecular complexity index is 1040. The molecule has 5 unspecified atom stereocenters. The minimum Gasteiger partial charge on any atom is -0.394 e. The molecule has 0 bridgehead atoms. The fourth-order valence-corrected chi connectivity index (χ4v) is 5.41. The Balaban J connectivity index is 1.61. The maximum atomic E-state index is 11.0. The fourth-order valence-electron chi connectivity index (χ4n) is 3.05. The van der Waals surface area contributed by atoms with Gasteiger partial charge in [0.2, 0.25) is 0 Å². The summed E-state index contributed by atoms with van der Waals surface area (Å²) in [5.74, 6) is 0. The molecule has 0 amide bonds. The van der Waals surface area contributed by atoms with Crippen molar-refractivity contribution in [2.75, 3.05) is 6.61 Å². The molecule has 160 valence electrons. The van der Waals surface area contributed by atoms with Crippen LogP contribution in [0, 0.1) is 0 Å². The number of thioether (sulfide) groups is 1. The van der Waals surface area contributed by atoms with E-state index in [1.807, 2.05) is 0 Å². The van der Waals surface area contributed by atoms with Gasteiger partial charge in [0.15, 0.2) is 0 Å². The number of hydrogen-bond acceptors (Lipinski definition) is 9. The van der Waals surface area contributed by atoms with Gasteiger partial charge in [-0.15, -0.1) is 16.4 Å². The number of hydrogen-bond donors (Lipinski definition) is 3. The number of aliphatic hydroxyl groups is 3. The van der Waals surface area contributed by atoms with Crippen LogP contribution in [-0.4, -0.2) is 65.7 Å². The van der Waals surface area contributed by atoms with E-state index in [1.165, 1.54) is 27.8 Å². The molecule has 3 heterocycles. The lowest BCUT2D eigenvalue weighted by Crippen LogP contribution is -2.55. The van der Waals surface area contributed by atoms with Crippen LogP contribution in [0.15, 0.2) is 34.7 Å². The van der Waals surface area contributed by atoms with Crippen LogP contribution < -0.4 is 0 Å².